The van der Waals surface area contributed by atoms with E-state index in [2.05, 4.69) is 4.90 Å². The van der Waals surface area contributed by atoms with Crippen LogP contribution in [0.15, 0.2) is 24.3 Å². The van der Waals surface area contributed by atoms with Gasteiger partial charge in [-0.1, -0.05) is 0 Å². The normalized spacial score (nSPS) is 19.6. The molecule has 1 aliphatic heterocycles. The molecule has 4 nitrogen and oxygen atoms in total. The van der Waals surface area contributed by atoms with Gasteiger partial charge in [0.15, 0.2) is 0 Å². The van der Waals surface area contributed by atoms with Gasteiger partial charge >= 0.3 is 0 Å². The van der Waals surface area contributed by atoms with Crippen LogP contribution >= 0.6 is 0 Å². The van der Waals surface area contributed by atoms with Gasteiger partial charge in [-0.25, -0.2) is 0 Å². The Morgan fingerprint density at radius 3 is 2.78 bits per heavy atom. The first-order valence-electron chi connectivity index (χ1n) is 6.48. The Morgan fingerprint density at radius 2 is 2.17 bits per heavy atom. The zero-order chi connectivity index (χ0) is 13.0. The third-order valence-electron chi connectivity index (χ3n) is 3.34. The van der Waals surface area contributed by atoms with E-state index in [0.717, 1.165) is 37.4 Å². The van der Waals surface area contributed by atoms with Gasteiger partial charge in [-0.05, 0) is 44.0 Å². The van der Waals surface area contributed by atoms with Crippen molar-refractivity contribution >= 4 is 11.6 Å². The highest BCUT2D eigenvalue weighted by atomic mass is 16.5. The molecule has 0 radical (unpaired) electrons. The molecule has 0 bridgehead atoms. The van der Waals surface area contributed by atoms with Crippen molar-refractivity contribution in [3.63, 3.8) is 0 Å². The summed E-state index contributed by atoms with van der Waals surface area (Å²) in [5, 5.41) is 0. The fraction of sp³-hybridized carbons (Fsp3) is 0.500. The lowest BCUT2D eigenvalue weighted by Crippen LogP contribution is -2.41. The first-order chi connectivity index (χ1) is 8.70. The SMILES string of the molecule is CCOc1ccc(N2CCCC(C(N)=O)C2)cc1. The quantitative estimate of drug-likeness (QED) is 0.883. The zero-order valence-corrected chi connectivity index (χ0v) is 10.8. The summed E-state index contributed by atoms with van der Waals surface area (Å²) in [6.45, 7) is 4.35. The summed E-state index contributed by atoms with van der Waals surface area (Å²) in [5.74, 6) is 0.667. The summed E-state index contributed by atoms with van der Waals surface area (Å²) >= 11 is 0. The number of carbonyl (C=O) groups is 1. The minimum absolute atomic E-state index is 0.0229. The lowest BCUT2D eigenvalue weighted by molar-refractivity contribution is -0.122. The van der Waals surface area contributed by atoms with Gasteiger partial charge in [0, 0.05) is 18.8 Å². The Kier molecular flexibility index (Phi) is 4.07. The first-order valence-corrected chi connectivity index (χ1v) is 6.48. The molecular formula is C14H20N2O2. The van der Waals surface area contributed by atoms with E-state index in [-0.39, 0.29) is 11.8 Å². The van der Waals surface area contributed by atoms with E-state index < -0.39 is 0 Å². The van der Waals surface area contributed by atoms with Gasteiger partial charge in [0.2, 0.25) is 5.91 Å². The van der Waals surface area contributed by atoms with E-state index >= 15 is 0 Å². The van der Waals surface area contributed by atoms with Crippen LogP contribution in [0.1, 0.15) is 19.8 Å². The van der Waals surface area contributed by atoms with E-state index in [9.17, 15) is 4.79 Å². The average Bonchev–Trinajstić information content (AvgIpc) is 2.40. The molecule has 1 aromatic rings. The number of piperidine rings is 1. The van der Waals surface area contributed by atoms with Crippen molar-refractivity contribution in [2.45, 2.75) is 19.8 Å². The minimum atomic E-state index is -0.189. The van der Waals surface area contributed by atoms with Crippen LogP contribution in [0.2, 0.25) is 0 Å². The monoisotopic (exact) mass is 248 g/mol. The van der Waals surface area contributed by atoms with Crippen molar-refractivity contribution in [2.75, 3.05) is 24.6 Å². The Bertz CT molecular complexity index is 403. The molecule has 0 aliphatic carbocycles. The maximum atomic E-state index is 11.2. The molecule has 4 heteroatoms. The van der Waals surface area contributed by atoms with Crippen LogP contribution in [0.3, 0.4) is 0 Å². The van der Waals surface area contributed by atoms with Crippen LogP contribution in [0, 0.1) is 5.92 Å². The second-order valence-corrected chi connectivity index (χ2v) is 4.61. The number of amides is 1. The number of anilines is 1. The van der Waals surface area contributed by atoms with E-state index in [1.807, 2.05) is 31.2 Å². The minimum Gasteiger partial charge on any atom is -0.494 e. The van der Waals surface area contributed by atoms with E-state index in [1.165, 1.54) is 0 Å². The lowest BCUT2D eigenvalue weighted by atomic mass is 9.97. The molecule has 1 atom stereocenters. The molecule has 1 heterocycles. The van der Waals surface area contributed by atoms with Gasteiger partial charge < -0.3 is 15.4 Å². The molecule has 1 amide bonds. The molecular weight excluding hydrogens is 228 g/mol. The first kappa shape index (κ1) is 12.7. The molecule has 0 aromatic heterocycles. The largest absolute Gasteiger partial charge is 0.494 e. The summed E-state index contributed by atoms with van der Waals surface area (Å²) in [4.78, 5) is 13.5. The summed E-state index contributed by atoms with van der Waals surface area (Å²) < 4.78 is 5.41. The Labute approximate surface area is 108 Å². The van der Waals surface area contributed by atoms with E-state index in [0.29, 0.717) is 6.61 Å². The Hall–Kier alpha value is -1.71. The maximum absolute atomic E-state index is 11.2. The molecule has 2 rings (SSSR count). The Morgan fingerprint density at radius 1 is 1.44 bits per heavy atom. The average molecular weight is 248 g/mol. The number of hydrogen-bond acceptors (Lipinski definition) is 3. The fourth-order valence-corrected chi connectivity index (χ4v) is 2.36. The molecule has 1 aliphatic rings. The van der Waals surface area contributed by atoms with Crippen LogP contribution in [0.25, 0.3) is 0 Å². The number of benzene rings is 1. The number of hydrogen-bond donors (Lipinski definition) is 1. The van der Waals surface area contributed by atoms with Gasteiger partial charge in [-0.15, -0.1) is 0 Å². The molecule has 1 unspecified atom stereocenters. The highest BCUT2D eigenvalue weighted by Gasteiger charge is 2.23. The molecule has 98 valence electrons. The van der Waals surface area contributed by atoms with Gasteiger partial charge in [0.25, 0.3) is 0 Å². The van der Waals surface area contributed by atoms with Crippen molar-refractivity contribution in [3.8, 4) is 5.75 Å². The van der Waals surface area contributed by atoms with Crippen molar-refractivity contribution in [2.24, 2.45) is 11.7 Å². The van der Waals surface area contributed by atoms with Crippen LogP contribution < -0.4 is 15.4 Å². The standard InChI is InChI=1S/C14H20N2O2/c1-2-18-13-7-5-12(6-8-13)16-9-3-4-11(10-16)14(15)17/h5-8,11H,2-4,9-10H2,1H3,(H2,15,17). The van der Waals surface area contributed by atoms with Gasteiger partial charge in [-0.3, -0.25) is 4.79 Å². The second-order valence-electron chi connectivity index (χ2n) is 4.61. The van der Waals surface area contributed by atoms with Crippen LogP contribution in [0.5, 0.6) is 5.75 Å². The number of carbonyl (C=O) groups excluding carboxylic acids is 1. The number of primary amides is 1. The molecule has 1 aromatic carbocycles. The van der Waals surface area contributed by atoms with Gasteiger partial charge in [-0.2, -0.15) is 0 Å². The van der Waals surface area contributed by atoms with Crippen LogP contribution in [-0.4, -0.2) is 25.6 Å². The summed E-state index contributed by atoms with van der Waals surface area (Å²) in [6, 6.07) is 8.00. The van der Waals surface area contributed by atoms with E-state index in [1.54, 1.807) is 0 Å². The Balaban J connectivity index is 2.04. The predicted octanol–water partition coefficient (Wildman–Crippen LogP) is 1.79. The highest BCUT2D eigenvalue weighted by molar-refractivity contribution is 5.77. The van der Waals surface area contributed by atoms with Crippen molar-refractivity contribution in [1.82, 2.24) is 0 Å². The molecule has 0 spiro atoms. The highest BCUT2D eigenvalue weighted by Crippen LogP contribution is 2.25. The smallest absolute Gasteiger partial charge is 0.222 e. The van der Waals surface area contributed by atoms with Crippen molar-refractivity contribution < 1.29 is 9.53 Å². The van der Waals surface area contributed by atoms with Crippen LogP contribution in [0.4, 0.5) is 5.69 Å². The number of nitrogens with zero attached hydrogens (tertiary/aromatic N) is 1. The number of nitrogens with two attached hydrogens (primary N) is 1. The fourth-order valence-electron chi connectivity index (χ4n) is 2.36. The van der Waals surface area contributed by atoms with Gasteiger partial charge in [0.1, 0.15) is 5.75 Å². The maximum Gasteiger partial charge on any atom is 0.222 e. The van der Waals surface area contributed by atoms with Gasteiger partial charge in [0.05, 0.1) is 12.5 Å². The molecule has 0 saturated carbocycles. The summed E-state index contributed by atoms with van der Waals surface area (Å²) in [5.41, 5.74) is 6.51. The summed E-state index contributed by atoms with van der Waals surface area (Å²) in [7, 11) is 0. The number of rotatable bonds is 4. The third kappa shape index (κ3) is 2.94. The van der Waals surface area contributed by atoms with E-state index in [4.69, 9.17) is 10.5 Å². The summed E-state index contributed by atoms with van der Waals surface area (Å²) in [6.07, 6.45) is 1.92. The predicted molar refractivity (Wildman–Crippen MR) is 71.7 cm³/mol. The lowest BCUT2D eigenvalue weighted by Gasteiger charge is -2.33. The molecule has 2 N–H and O–H groups in total. The molecule has 18 heavy (non-hydrogen) atoms. The molecule has 1 fully saturated rings. The third-order valence-corrected chi connectivity index (χ3v) is 3.34. The van der Waals surface area contributed by atoms with Crippen molar-refractivity contribution in [1.29, 1.82) is 0 Å². The topological polar surface area (TPSA) is 55.6 Å². The van der Waals surface area contributed by atoms with Crippen molar-refractivity contribution in [3.05, 3.63) is 24.3 Å². The molecule has 1 saturated heterocycles. The second kappa shape index (κ2) is 5.76. The zero-order valence-electron chi connectivity index (χ0n) is 10.8. The van der Waals surface area contributed by atoms with Crippen LogP contribution in [-0.2, 0) is 4.79 Å². The number of ether oxygens (including phenoxy) is 1.